The van der Waals surface area contributed by atoms with Crippen LogP contribution in [0.15, 0.2) is 0 Å². The number of nitrogens with zero attached hydrogens (tertiary/aromatic N) is 1. The Labute approximate surface area is 227 Å². The molecule has 0 aromatic rings. The van der Waals surface area contributed by atoms with Crippen molar-refractivity contribution in [1.29, 1.82) is 0 Å². The largest absolute Gasteiger partial charge is 0.394 e. The monoisotopic (exact) mass is 568 g/mol. The van der Waals surface area contributed by atoms with Crippen LogP contribution in [0, 0.1) is 0 Å². The van der Waals surface area contributed by atoms with Gasteiger partial charge in [-0.15, -0.1) is 0 Å². The SMILES string of the molecule is CNC(=O)CCCCC(=O)N(CCCOC1OC(CO)C(O)C(O)C1O)CCOC1OC(C)C(O)C(O)C1O. The predicted molar refractivity (Wildman–Crippen MR) is 132 cm³/mol. The summed E-state index contributed by atoms with van der Waals surface area (Å²) in [5.41, 5.74) is 0. The Morgan fingerprint density at radius 1 is 0.769 bits per heavy atom. The fraction of sp³-hybridized carbons (Fsp3) is 0.917. The van der Waals surface area contributed by atoms with E-state index >= 15 is 0 Å². The van der Waals surface area contributed by atoms with E-state index in [9.17, 15) is 45.3 Å². The van der Waals surface area contributed by atoms with Crippen LogP contribution >= 0.6 is 0 Å². The summed E-state index contributed by atoms with van der Waals surface area (Å²) in [4.78, 5) is 25.8. The zero-order chi connectivity index (χ0) is 29.1. The number of carbonyl (C=O) groups is 2. The van der Waals surface area contributed by atoms with Crippen LogP contribution in [0.2, 0.25) is 0 Å². The van der Waals surface area contributed by atoms with E-state index in [0.29, 0.717) is 25.7 Å². The van der Waals surface area contributed by atoms with E-state index in [2.05, 4.69) is 5.32 Å². The van der Waals surface area contributed by atoms with Crippen molar-refractivity contribution in [2.24, 2.45) is 0 Å². The van der Waals surface area contributed by atoms with Crippen LogP contribution in [0.5, 0.6) is 0 Å². The van der Waals surface area contributed by atoms with Gasteiger partial charge in [0.1, 0.15) is 42.7 Å². The summed E-state index contributed by atoms with van der Waals surface area (Å²) in [5.74, 6) is -0.331. The third-order valence-corrected chi connectivity index (χ3v) is 6.83. The smallest absolute Gasteiger partial charge is 0.222 e. The number of unbranched alkanes of at least 4 members (excludes halogenated alkanes) is 1. The molecule has 0 spiro atoms. The lowest BCUT2D eigenvalue weighted by Crippen LogP contribution is -2.59. The first-order valence-corrected chi connectivity index (χ1v) is 13.2. The Balaban J connectivity index is 1.87. The van der Waals surface area contributed by atoms with Crippen LogP contribution in [-0.2, 0) is 28.5 Å². The number of hydrogen-bond acceptors (Lipinski definition) is 13. The maximum absolute atomic E-state index is 12.9. The first-order chi connectivity index (χ1) is 18.5. The topological polar surface area (TPSA) is 228 Å². The highest BCUT2D eigenvalue weighted by Crippen LogP contribution is 2.23. The van der Waals surface area contributed by atoms with Gasteiger partial charge in [0.2, 0.25) is 11.8 Å². The lowest BCUT2D eigenvalue weighted by Gasteiger charge is -2.39. The maximum Gasteiger partial charge on any atom is 0.222 e. The molecular formula is C24H44N2O13. The maximum atomic E-state index is 12.9. The van der Waals surface area contributed by atoms with Crippen LogP contribution in [0.25, 0.3) is 0 Å². The molecule has 2 aliphatic heterocycles. The van der Waals surface area contributed by atoms with Gasteiger partial charge >= 0.3 is 0 Å². The number of ether oxygens (including phenoxy) is 4. The van der Waals surface area contributed by atoms with Crippen molar-refractivity contribution in [3.63, 3.8) is 0 Å². The summed E-state index contributed by atoms with van der Waals surface area (Å²) in [5, 5.41) is 71.6. The van der Waals surface area contributed by atoms with E-state index in [-0.39, 0.29) is 44.5 Å². The molecule has 2 heterocycles. The number of rotatable bonds is 15. The molecular weight excluding hydrogens is 524 g/mol. The lowest BCUT2D eigenvalue weighted by molar-refractivity contribution is -0.301. The molecule has 15 heteroatoms. The highest BCUT2D eigenvalue weighted by molar-refractivity contribution is 5.77. The highest BCUT2D eigenvalue weighted by atomic mass is 16.7. The van der Waals surface area contributed by atoms with Crippen LogP contribution in [0.4, 0.5) is 0 Å². The molecule has 2 amide bonds. The third kappa shape index (κ3) is 9.82. The van der Waals surface area contributed by atoms with Crippen molar-refractivity contribution in [1.82, 2.24) is 10.2 Å². The van der Waals surface area contributed by atoms with Crippen molar-refractivity contribution < 1.29 is 64.3 Å². The van der Waals surface area contributed by atoms with E-state index in [4.69, 9.17) is 18.9 Å². The van der Waals surface area contributed by atoms with Gasteiger partial charge in [-0.1, -0.05) is 0 Å². The van der Waals surface area contributed by atoms with Gasteiger partial charge < -0.3 is 64.9 Å². The van der Waals surface area contributed by atoms with Gasteiger partial charge in [0.15, 0.2) is 12.6 Å². The average Bonchev–Trinajstić information content (AvgIpc) is 2.93. The number of aliphatic hydroxyl groups is 7. The summed E-state index contributed by atoms with van der Waals surface area (Å²) in [6.07, 6.45) is -11.4. The molecule has 2 aliphatic rings. The normalized spacial score (nSPS) is 35.0. The quantitative estimate of drug-likeness (QED) is 0.0887. The van der Waals surface area contributed by atoms with E-state index in [1.54, 1.807) is 0 Å². The first kappa shape index (κ1) is 33.7. The van der Waals surface area contributed by atoms with Crippen molar-refractivity contribution in [3.05, 3.63) is 0 Å². The van der Waals surface area contributed by atoms with Crippen molar-refractivity contribution >= 4 is 11.8 Å². The lowest BCUT2D eigenvalue weighted by atomic mass is 9.99. The second-order valence-corrected chi connectivity index (χ2v) is 9.73. The summed E-state index contributed by atoms with van der Waals surface area (Å²) < 4.78 is 21.8. The van der Waals surface area contributed by atoms with Gasteiger partial charge in [0, 0.05) is 33.0 Å². The van der Waals surface area contributed by atoms with Gasteiger partial charge in [-0.3, -0.25) is 9.59 Å². The molecule has 2 rings (SSSR count). The number of nitrogens with one attached hydrogen (secondary N) is 1. The zero-order valence-corrected chi connectivity index (χ0v) is 22.4. The number of amides is 2. The summed E-state index contributed by atoms with van der Waals surface area (Å²) >= 11 is 0. The van der Waals surface area contributed by atoms with Crippen LogP contribution in [-0.4, -0.2) is 154 Å². The minimum atomic E-state index is -1.56. The minimum Gasteiger partial charge on any atom is -0.394 e. The summed E-state index contributed by atoms with van der Waals surface area (Å²) in [7, 11) is 1.54. The molecule has 0 aromatic carbocycles. The summed E-state index contributed by atoms with van der Waals surface area (Å²) in [6, 6.07) is 0. The molecule has 0 radical (unpaired) electrons. The number of carbonyl (C=O) groups excluding carboxylic acids is 2. The Bertz CT molecular complexity index is 745. The molecule has 10 atom stereocenters. The first-order valence-electron chi connectivity index (χ1n) is 13.2. The van der Waals surface area contributed by atoms with E-state index < -0.39 is 68.0 Å². The molecule has 15 nitrogen and oxygen atoms in total. The highest BCUT2D eigenvalue weighted by Gasteiger charge is 2.44. The molecule has 10 unspecified atom stereocenters. The molecule has 228 valence electrons. The average molecular weight is 569 g/mol. The predicted octanol–water partition coefficient (Wildman–Crippen LogP) is -3.83. The number of hydrogen-bond donors (Lipinski definition) is 8. The zero-order valence-electron chi connectivity index (χ0n) is 22.4. The fourth-order valence-corrected chi connectivity index (χ4v) is 4.30. The van der Waals surface area contributed by atoms with E-state index in [1.807, 2.05) is 0 Å². The second kappa shape index (κ2) is 16.7. The molecule has 0 aromatic heterocycles. The van der Waals surface area contributed by atoms with Crippen LogP contribution < -0.4 is 5.32 Å². The van der Waals surface area contributed by atoms with Gasteiger partial charge in [-0.2, -0.15) is 0 Å². The molecule has 8 N–H and O–H groups in total. The van der Waals surface area contributed by atoms with Crippen molar-refractivity contribution in [2.75, 3.05) is 40.0 Å². The third-order valence-electron chi connectivity index (χ3n) is 6.83. The molecule has 0 bridgehead atoms. The molecule has 39 heavy (non-hydrogen) atoms. The van der Waals surface area contributed by atoms with Crippen molar-refractivity contribution in [3.8, 4) is 0 Å². The van der Waals surface area contributed by atoms with Gasteiger partial charge in [0.05, 0.1) is 25.9 Å². The standard InChI is InChI=1S/C24H44N2O13/c1-13-17(30)19(32)21(34)23(38-13)37-11-9-26(16(29)7-4-3-6-15(28)25-2)8-5-10-36-24-22(35)20(33)18(31)14(12-27)39-24/h13-14,17-24,27,30-35H,3-12H2,1-2H3,(H,25,28). The van der Waals surface area contributed by atoms with E-state index in [1.165, 1.54) is 18.9 Å². The molecule has 0 saturated carbocycles. The van der Waals surface area contributed by atoms with Crippen molar-refractivity contribution in [2.45, 2.75) is 100 Å². The van der Waals surface area contributed by atoms with Gasteiger partial charge in [-0.05, 0) is 26.2 Å². The minimum absolute atomic E-state index is 0.00996. The van der Waals surface area contributed by atoms with Gasteiger partial charge in [-0.25, -0.2) is 0 Å². The molecule has 2 saturated heterocycles. The molecule has 0 aliphatic carbocycles. The number of aliphatic hydroxyl groups excluding tert-OH is 7. The Morgan fingerprint density at radius 2 is 1.36 bits per heavy atom. The second-order valence-electron chi connectivity index (χ2n) is 9.73. The van der Waals surface area contributed by atoms with E-state index in [0.717, 1.165) is 0 Å². The van der Waals surface area contributed by atoms with Crippen LogP contribution in [0.1, 0.15) is 39.0 Å². The Kier molecular flexibility index (Phi) is 14.4. The Hall–Kier alpha value is -1.50. The Morgan fingerprint density at radius 3 is 2.00 bits per heavy atom. The molecule has 2 fully saturated rings. The van der Waals surface area contributed by atoms with Crippen LogP contribution in [0.3, 0.4) is 0 Å². The van der Waals surface area contributed by atoms with Gasteiger partial charge in [0.25, 0.3) is 0 Å². The fourth-order valence-electron chi connectivity index (χ4n) is 4.30. The summed E-state index contributed by atoms with van der Waals surface area (Å²) in [6.45, 7) is 1.22.